The molecule has 1 aliphatic rings. The van der Waals surface area contributed by atoms with Gasteiger partial charge in [0, 0.05) is 11.4 Å². The lowest BCUT2D eigenvalue weighted by molar-refractivity contribution is 0.302. The van der Waals surface area contributed by atoms with Crippen molar-refractivity contribution in [1.82, 2.24) is 0 Å². The van der Waals surface area contributed by atoms with Crippen molar-refractivity contribution in [3.63, 3.8) is 0 Å². The SMILES string of the molecule is COc1ccc(Cl)cc1C1CCCCC1CC#N. The minimum Gasteiger partial charge on any atom is -0.496 e. The van der Waals surface area contributed by atoms with Crippen molar-refractivity contribution < 1.29 is 4.74 Å². The van der Waals surface area contributed by atoms with E-state index in [1.807, 2.05) is 18.2 Å². The van der Waals surface area contributed by atoms with Crippen molar-refractivity contribution in [2.45, 2.75) is 38.0 Å². The van der Waals surface area contributed by atoms with Crippen LogP contribution < -0.4 is 4.74 Å². The number of rotatable bonds is 3. The lowest BCUT2D eigenvalue weighted by Crippen LogP contribution is -2.18. The number of nitriles is 1. The molecule has 18 heavy (non-hydrogen) atoms. The van der Waals surface area contributed by atoms with Crippen molar-refractivity contribution >= 4 is 11.6 Å². The molecule has 0 aliphatic heterocycles. The molecule has 0 N–H and O–H groups in total. The highest BCUT2D eigenvalue weighted by atomic mass is 35.5. The number of halogens is 1. The summed E-state index contributed by atoms with van der Waals surface area (Å²) in [6.07, 6.45) is 5.34. The van der Waals surface area contributed by atoms with Gasteiger partial charge in [-0.2, -0.15) is 5.26 Å². The average molecular weight is 264 g/mol. The number of hydrogen-bond donors (Lipinski definition) is 0. The fraction of sp³-hybridized carbons (Fsp3) is 0.533. The summed E-state index contributed by atoms with van der Waals surface area (Å²) in [5.41, 5.74) is 1.17. The maximum Gasteiger partial charge on any atom is 0.122 e. The van der Waals surface area contributed by atoms with Crippen LogP contribution in [0.25, 0.3) is 0 Å². The van der Waals surface area contributed by atoms with E-state index in [0.29, 0.717) is 18.3 Å². The van der Waals surface area contributed by atoms with Crippen LogP contribution in [0.1, 0.15) is 43.6 Å². The number of benzene rings is 1. The minimum atomic E-state index is 0.409. The minimum absolute atomic E-state index is 0.409. The third-order valence-corrected chi connectivity index (χ3v) is 4.09. The van der Waals surface area contributed by atoms with Crippen molar-refractivity contribution in [2.75, 3.05) is 7.11 Å². The number of ether oxygens (including phenoxy) is 1. The molecular weight excluding hydrogens is 246 g/mol. The zero-order chi connectivity index (χ0) is 13.0. The summed E-state index contributed by atoms with van der Waals surface area (Å²) >= 11 is 6.10. The summed E-state index contributed by atoms with van der Waals surface area (Å²) in [4.78, 5) is 0. The smallest absolute Gasteiger partial charge is 0.122 e. The number of nitrogens with zero attached hydrogens (tertiary/aromatic N) is 1. The Morgan fingerprint density at radius 2 is 2.17 bits per heavy atom. The van der Waals surface area contributed by atoms with Crippen LogP contribution in [0, 0.1) is 17.2 Å². The summed E-state index contributed by atoms with van der Waals surface area (Å²) in [6.45, 7) is 0. The molecule has 2 atom stereocenters. The summed E-state index contributed by atoms with van der Waals surface area (Å²) in [7, 11) is 1.69. The molecule has 2 unspecified atom stereocenters. The average Bonchev–Trinajstić information content (AvgIpc) is 2.40. The quantitative estimate of drug-likeness (QED) is 0.802. The van der Waals surface area contributed by atoms with E-state index in [0.717, 1.165) is 23.6 Å². The van der Waals surface area contributed by atoms with Crippen LogP contribution in [0.4, 0.5) is 0 Å². The molecule has 1 aromatic carbocycles. The maximum atomic E-state index is 8.96. The zero-order valence-electron chi connectivity index (χ0n) is 10.7. The Bertz CT molecular complexity index is 452. The molecule has 96 valence electrons. The molecule has 0 saturated heterocycles. The normalized spacial score (nSPS) is 23.4. The van der Waals surface area contributed by atoms with Gasteiger partial charge in [0.15, 0.2) is 0 Å². The molecule has 3 heteroatoms. The largest absolute Gasteiger partial charge is 0.496 e. The Kier molecular flexibility index (Phi) is 4.49. The lowest BCUT2D eigenvalue weighted by atomic mass is 9.74. The molecule has 0 aromatic heterocycles. The van der Waals surface area contributed by atoms with Gasteiger partial charge in [-0.05, 0) is 48.4 Å². The first-order valence-electron chi connectivity index (χ1n) is 6.46. The highest BCUT2D eigenvalue weighted by Gasteiger charge is 2.28. The Hall–Kier alpha value is -1.20. The Labute approximate surface area is 114 Å². The van der Waals surface area contributed by atoms with Gasteiger partial charge in [-0.15, -0.1) is 0 Å². The van der Waals surface area contributed by atoms with Crippen molar-refractivity contribution in [3.05, 3.63) is 28.8 Å². The summed E-state index contributed by atoms with van der Waals surface area (Å²) < 4.78 is 5.44. The highest BCUT2D eigenvalue weighted by molar-refractivity contribution is 6.30. The Morgan fingerprint density at radius 3 is 2.89 bits per heavy atom. The molecule has 0 amide bonds. The molecule has 0 spiro atoms. The third kappa shape index (κ3) is 2.79. The highest BCUT2D eigenvalue weighted by Crippen LogP contribution is 2.43. The molecular formula is C15H18ClNO. The van der Waals surface area contributed by atoms with E-state index in [1.165, 1.54) is 18.4 Å². The van der Waals surface area contributed by atoms with Crippen LogP contribution in [0.5, 0.6) is 5.75 Å². The number of methoxy groups -OCH3 is 1. The maximum absolute atomic E-state index is 8.96. The van der Waals surface area contributed by atoms with Gasteiger partial charge in [-0.25, -0.2) is 0 Å². The van der Waals surface area contributed by atoms with Gasteiger partial charge in [-0.1, -0.05) is 24.4 Å². The van der Waals surface area contributed by atoms with E-state index >= 15 is 0 Å². The van der Waals surface area contributed by atoms with E-state index in [9.17, 15) is 0 Å². The molecule has 1 fully saturated rings. The predicted octanol–water partition coefficient (Wildman–Crippen LogP) is 4.54. The van der Waals surface area contributed by atoms with Gasteiger partial charge in [-0.3, -0.25) is 0 Å². The van der Waals surface area contributed by atoms with E-state index in [-0.39, 0.29) is 0 Å². The second-order valence-electron chi connectivity index (χ2n) is 4.90. The molecule has 2 rings (SSSR count). The van der Waals surface area contributed by atoms with Crippen molar-refractivity contribution in [1.29, 1.82) is 5.26 Å². The molecule has 1 aromatic rings. The monoisotopic (exact) mass is 263 g/mol. The topological polar surface area (TPSA) is 33.0 Å². The zero-order valence-corrected chi connectivity index (χ0v) is 11.4. The fourth-order valence-electron chi connectivity index (χ4n) is 2.97. The summed E-state index contributed by atoms with van der Waals surface area (Å²) in [5.74, 6) is 1.75. The van der Waals surface area contributed by atoms with Gasteiger partial charge in [0.1, 0.15) is 5.75 Å². The van der Waals surface area contributed by atoms with Crippen LogP contribution in [-0.2, 0) is 0 Å². The Balaban J connectivity index is 2.32. The van der Waals surface area contributed by atoms with E-state index in [2.05, 4.69) is 6.07 Å². The molecule has 2 nitrogen and oxygen atoms in total. The van der Waals surface area contributed by atoms with E-state index in [4.69, 9.17) is 21.6 Å². The standard InChI is InChI=1S/C15H18ClNO/c1-18-15-7-6-12(16)10-14(15)13-5-3-2-4-11(13)8-9-17/h6-7,10-11,13H,2-5,8H2,1H3. The number of hydrogen-bond acceptors (Lipinski definition) is 2. The van der Waals surface area contributed by atoms with Crippen LogP contribution in [0.15, 0.2) is 18.2 Å². The Morgan fingerprint density at radius 1 is 1.39 bits per heavy atom. The molecule has 0 radical (unpaired) electrons. The van der Waals surface area contributed by atoms with Gasteiger partial charge in [0.05, 0.1) is 13.2 Å². The van der Waals surface area contributed by atoms with Crippen molar-refractivity contribution in [3.8, 4) is 11.8 Å². The third-order valence-electron chi connectivity index (χ3n) is 3.85. The van der Waals surface area contributed by atoms with E-state index in [1.54, 1.807) is 7.11 Å². The molecule has 0 heterocycles. The van der Waals surface area contributed by atoms with Crippen LogP contribution in [-0.4, -0.2) is 7.11 Å². The van der Waals surface area contributed by atoms with Crippen LogP contribution >= 0.6 is 11.6 Å². The predicted molar refractivity (Wildman–Crippen MR) is 72.9 cm³/mol. The molecule has 1 aliphatic carbocycles. The fourth-order valence-corrected chi connectivity index (χ4v) is 3.15. The van der Waals surface area contributed by atoms with Gasteiger partial charge < -0.3 is 4.74 Å². The van der Waals surface area contributed by atoms with Crippen LogP contribution in [0.3, 0.4) is 0 Å². The van der Waals surface area contributed by atoms with Gasteiger partial charge >= 0.3 is 0 Å². The summed E-state index contributed by atoms with van der Waals surface area (Å²) in [6, 6.07) is 8.10. The first kappa shape index (κ1) is 13.2. The summed E-state index contributed by atoms with van der Waals surface area (Å²) in [5, 5.41) is 9.70. The molecule has 0 bridgehead atoms. The first-order chi connectivity index (χ1) is 8.76. The second-order valence-corrected chi connectivity index (χ2v) is 5.34. The van der Waals surface area contributed by atoms with Crippen LogP contribution in [0.2, 0.25) is 5.02 Å². The first-order valence-corrected chi connectivity index (χ1v) is 6.84. The van der Waals surface area contributed by atoms with Gasteiger partial charge in [0.25, 0.3) is 0 Å². The second kappa shape index (κ2) is 6.11. The lowest BCUT2D eigenvalue weighted by Gasteiger charge is -2.31. The van der Waals surface area contributed by atoms with Gasteiger partial charge in [0.2, 0.25) is 0 Å². The van der Waals surface area contributed by atoms with Crippen molar-refractivity contribution in [2.24, 2.45) is 5.92 Å². The molecule has 1 saturated carbocycles. The van der Waals surface area contributed by atoms with E-state index < -0.39 is 0 Å².